The topological polar surface area (TPSA) is 63.0 Å². The molecule has 0 unspecified atom stereocenters. The highest BCUT2D eigenvalue weighted by atomic mass is 16.3. The molecule has 0 saturated heterocycles. The van der Waals surface area contributed by atoms with Gasteiger partial charge in [0.05, 0.1) is 5.52 Å². The van der Waals surface area contributed by atoms with E-state index in [2.05, 4.69) is 19.9 Å². The molecule has 22 heavy (non-hydrogen) atoms. The third kappa shape index (κ3) is 1.95. The first-order valence-corrected chi connectivity index (χ1v) is 6.97. The molecule has 2 N–H and O–H groups in total. The van der Waals surface area contributed by atoms with Gasteiger partial charge in [-0.05, 0) is 30.3 Å². The third-order valence-electron chi connectivity index (χ3n) is 3.76. The summed E-state index contributed by atoms with van der Waals surface area (Å²) in [5.74, 6) is 0.957. The smallest absolute Gasteiger partial charge is 0.143 e. The zero-order valence-corrected chi connectivity index (χ0v) is 12.0. The molecule has 1 aromatic carbocycles. The van der Waals surface area contributed by atoms with E-state index >= 15 is 0 Å². The Bertz CT molecular complexity index is 990. The molecule has 0 aliphatic rings. The van der Waals surface area contributed by atoms with Crippen LogP contribution in [0, 0.1) is 0 Å². The van der Waals surface area contributed by atoms with E-state index in [0.717, 1.165) is 33.4 Å². The summed E-state index contributed by atoms with van der Waals surface area (Å²) in [6.45, 7) is 0. The van der Waals surface area contributed by atoms with E-state index in [1.165, 1.54) is 0 Å². The second-order valence-electron chi connectivity index (χ2n) is 5.19. The molecule has 5 heteroatoms. The number of aryl methyl sites for hydroxylation is 1. The molecule has 108 valence electrons. The quantitative estimate of drug-likeness (QED) is 0.592. The highest BCUT2D eigenvalue weighted by molar-refractivity contribution is 6.06. The van der Waals surface area contributed by atoms with Crippen molar-refractivity contribution in [3.63, 3.8) is 0 Å². The SMILES string of the molecule is Cn1c2ccncc2c2ccc(Nc3cccc(O)c3)nc21. The van der Waals surface area contributed by atoms with E-state index in [0.29, 0.717) is 0 Å². The zero-order valence-electron chi connectivity index (χ0n) is 12.0. The van der Waals surface area contributed by atoms with Gasteiger partial charge < -0.3 is 15.0 Å². The Hall–Kier alpha value is -3.08. The lowest BCUT2D eigenvalue weighted by Gasteiger charge is -2.06. The summed E-state index contributed by atoms with van der Waals surface area (Å²) in [6.07, 6.45) is 3.65. The number of aromatic nitrogens is 3. The Balaban J connectivity index is 1.84. The summed E-state index contributed by atoms with van der Waals surface area (Å²) in [5, 5.41) is 14.9. The number of fused-ring (bicyclic) bond motifs is 3. The molecule has 0 aliphatic heterocycles. The van der Waals surface area contributed by atoms with Gasteiger partial charge in [-0.15, -0.1) is 0 Å². The molecule has 0 atom stereocenters. The Kier molecular flexibility index (Phi) is 2.72. The average molecular weight is 290 g/mol. The number of hydrogen-bond acceptors (Lipinski definition) is 4. The lowest BCUT2D eigenvalue weighted by atomic mass is 10.2. The number of benzene rings is 1. The first kappa shape index (κ1) is 12.6. The van der Waals surface area contributed by atoms with E-state index < -0.39 is 0 Å². The van der Waals surface area contributed by atoms with Crippen LogP contribution in [0.2, 0.25) is 0 Å². The minimum Gasteiger partial charge on any atom is -0.508 e. The number of nitrogens with zero attached hydrogens (tertiary/aromatic N) is 3. The lowest BCUT2D eigenvalue weighted by Crippen LogP contribution is -1.95. The van der Waals surface area contributed by atoms with E-state index in [4.69, 9.17) is 0 Å². The predicted molar refractivity (Wildman–Crippen MR) is 87.4 cm³/mol. The second kappa shape index (κ2) is 4.73. The van der Waals surface area contributed by atoms with E-state index in [1.54, 1.807) is 24.4 Å². The fourth-order valence-corrected chi connectivity index (χ4v) is 2.72. The Morgan fingerprint density at radius 3 is 2.86 bits per heavy atom. The molecule has 0 radical (unpaired) electrons. The largest absolute Gasteiger partial charge is 0.508 e. The summed E-state index contributed by atoms with van der Waals surface area (Å²) < 4.78 is 2.06. The van der Waals surface area contributed by atoms with Crippen molar-refractivity contribution in [3.8, 4) is 5.75 Å². The second-order valence-corrected chi connectivity index (χ2v) is 5.19. The maximum atomic E-state index is 9.53. The Morgan fingerprint density at radius 2 is 2.00 bits per heavy atom. The van der Waals surface area contributed by atoms with E-state index in [-0.39, 0.29) is 5.75 Å². The molecule has 0 aliphatic carbocycles. The monoisotopic (exact) mass is 290 g/mol. The normalized spacial score (nSPS) is 11.1. The van der Waals surface area contributed by atoms with Gasteiger partial charge in [0.25, 0.3) is 0 Å². The van der Waals surface area contributed by atoms with Crippen LogP contribution in [0.3, 0.4) is 0 Å². The highest BCUT2D eigenvalue weighted by Crippen LogP contribution is 2.28. The molecule has 0 spiro atoms. The molecule has 4 aromatic rings. The first-order valence-electron chi connectivity index (χ1n) is 6.97. The predicted octanol–water partition coefficient (Wildman–Crippen LogP) is 3.57. The first-order chi connectivity index (χ1) is 10.7. The van der Waals surface area contributed by atoms with Gasteiger partial charge in [-0.3, -0.25) is 4.98 Å². The van der Waals surface area contributed by atoms with Crippen molar-refractivity contribution in [2.45, 2.75) is 0 Å². The number of nitrogens with one attached hydrogen (secondary N) is 1. The van der Waals surface area contributed by atoms with Crippen LogP contribution >= 0.6 is 0 Å². The van der Waals surface area contributed by atoms with Crippen LogP contribution in [0.4, 0.5) is 11.5 Å². The van der Waals surface area contributed by atoms with Crippen molar-refractivity contribution >= 4 is 33.4 Å². The van der Waals surface area contributed by atoms with Crippen molar-refractivity contribution in [1.82, 2.24) is 14.5 Å². The van der Waals surface area contributed by atoms with E-state index in [9.17, 15) is 5.11 Å². The summed E-state index contributed by atoms with van der Waals surface area (Å²) in [6, 6.07) is 12.9. The summed E-state index contributed by atoms with van der Waals surface area (Å²) in [4.78, 5) is 8.87. The minimum atomic E-state index is 0.224. The van der Waals surface area contributed by atoms with Gasteiger partial charge in [-0.1, -0.05) is 6.07 Å². The zero-order chi connectivity index (χ0) is 15.1. The molecule has 5 nitrogen and oxygen atoms in total. The van der Waals surface area contributed by atoms with Crippen LogP contribution in [0.1, 0.15) is 0 Å². The Morgan fingerprint density at radius 1 is 1.09 bits per heavy atom. The fourth-order valence-electron chi connectivity index (χ4n) is 2.72. The van der Waals surface area contributed by atoms with Crippen LogP contribution < -0.4 is 5.32 Å². The third-order valence-corrected chi connectivity index (χ3v) is 3.76. The van der Waals surface area contributed by atoms with Crippen LogP contribution in [0.25, 0.3) is 21.9 Å². The summed E-state index contributed by atoms with van der Waals surface area (Å²) in [7, 11) is 2.00. The van der Waals surface area contributed by atoms with Crippen LogP contribution in [0.5, 0.6) is 5.75 Å². The molecule has 4 rings (SSSR count). The number of hydrogen-bond donors (Lipinski definition) is 2. The van der Waals surface area contributed by atoms with Crippen molar-refractivity contribution in [2.75, 3.05) is 5.32 Å². The number of pyridine rings is 2. The van der Waals surface area contributed by atoms with E-state index in [1.807, 2.05) is 37.5 Å². The van der Waals surface area contributed by atoms with Gasteiger partial charge >= 0.3 is 0 Å². The maximum absolute atomic E-state index is 9.53. The van der Waals surface area contributed by atoms with Crippen molar-refractivity contribution in [3.05, 3.63) is 54.9 Å². The molecule has 3 aromatic heterocycles. The van der Waals surface area contributed by atoms with Crippen LogP contribution in [-0.4, -0.2) is 19.6 Å². The highest BCUT2D eigenvalue weighted by Gasteiger charge is 2.10. The van der Waals surface area contributed by atoms with Crippen LogP contribution in [-0.2, 0) is 7.05 Å². The van der Waals surface area contributed by atoms with Gasteiger partial charge in [-0.25, -0.2) is 4.98 Å². The van der Waals surface area contributed by atoms with Crippen molar-refractivity contribution in [2.24, 2.45) is 7.05 Å². The number of aromatic hydroxyl groups is 1. The molecule has 3 heterocycles. The minimum absolute atomic E-state index is 0.224. The maximum Gasteiger partial charge on any atom is 0.143 e. The molecular formula is C17H14N4O. The van der Waals surface area contributed by atoms with Gasteiger partial charge in [-0.2, -0.15) is 0 Å². The van der Waals surface area contributed by atoms with Gasteiger partial charge in [0.15, 0.2) is 0 Å². The van der Waals surface area contributed by atoms with Gasteiger partial charge in [0, 0.05) is 42.0 Å². The lowest BCUT2D eigenvalue weighted by molar-refractivity contribution is 0.475. The Labute approximate surface area is 126 Å². The summed E-state index contributed by atoms with van der Waals surface area (Å²) in [5.41, 5.74) is 2.80. The number of rotatable bonds is 2. The molecule has 0 bridgehead atoms. The fraction of sp³-hybridized carbons (Fsp3) is 0.0588. The standard InChI is InChI=1S/C17H14N4O/c1-21-15-7-8-18-10-14(15)13-5-6-16(20-17(13)21)19-11-3-2-4-12(22)9-11/h2-10,22H,1H3,(H,19,20). The number of anilines is 2. The van der Waals surface area contributed by atoms with Gasteiger partial charge in [0.1, 0.15) is 17.2 Å². The molecule has 0 saturated carbocycles. The molecule has 0 fully saturated rings. The van der Waals surface area contributed by atoms with Crippen molar-refractivity contribution in [1.29, 1.82) is 0 Å². The van der Waals surface area contributed by atoms with Crippen molar-refractivity contribution < 1.29 is 5.11 Å². The average Bonchev–Trinajstić information content (AvgIpc) is 2.81. The summed E-state index contributed by atoms with van der Waals surface area (Å²) >= 11 is 0. The van der Waals surface area contributed by atoms with Gasteiger partial charge in [0.2, 0.25) is 0 Å². The molecule has 0 amide bonds. The number of phenolic OH excluding ortho intramolecular Hbond substituents is 1. The van der Waals surface area contributed by atoms with Crippen LogP contribution in [0.15, 0.2) is 54.9 Å². The molecular weight excluding hydrogens is 276 g/mol. The number of phenols is 1.